The lowest BCUT2D eigenvalue weighted by atomic mass is 10.0. The first-order chi connectivity index (χ1) is 11.7. The second-order valence-electron chi connectivity index (χ2n) is 5.57. The number of benzene rings is 1. The number of fused-ring (bicyclic) bond motifs is 1. The van der Waals surface area contributed by atoms with Crippen LogP contribution in [-0.4, -0.2) is 40.0 Å². The average Bonchev–Trinajstić information content (AvgIpc) is 2.80. The van der Waals surface area contributed by atoms with Gasteiger partial charge in [-0.2, -0.15) is 0 Å². The van der Waals surface area contributed by atoms with Gasteiger partial charge in [0, 0.05) is 24.4 Å². The summed E-state index contributed by atoms with van der Waals surface area (Å²) < 4.78 is 5.61. The largest absolute Gasteiger partial charge is 0.491 e. The zero-order valence-electron chi connectivity index (χ0n) is 13.1. The molecule has 1 amide bonds. The lowest BCUT2D eigenvalue weighted by Gasteiger charge is -2.27. The van der Waals surface area contributed by atoms with Gasteiger partial charge in [0.2, 0.25) is 5.91 Å². The van der Waals surface area contributed by atoms with E-state index in [1.807, 2.05) is 12.1 Å². The normalized spacial score (nSPS) is 16.7. The molecule has 6 nitrogen and oxygen atoms in total. The molecule has 1 unspecified atom stereocenters. The molecule has 0 spiro atoms. The third kappa shape index (κ3) is 3.37. The molecule has 2 aromatic rings. The predicted molar refractivity (Wildman–Crippen MR) is 86.6 cm³/mol. The molecule has 1 atom stereocenters. The minimum atomic E-state index is -1.05. The number of nitrogens with zero attached hydrogens (tertiary/aromatic N) is 2. The summed E-state index contributed by atoms with van der Waals surface area (Å²) in [5, 5.41) is 9.66. The van der Waals surface area contributed by atoms with E-state index >= 15 is 0 Å². The van der Waals surface area contributed by atoms with Gasteiger partial charge in [0.05, 0.1) is 6.54 Å². The van der Waals surface area contributed by atoms with Crippen LogP contribution in [0.5, 0.6) is 5.75 Å². The number of aryl methyl sites for hydroxylation is 1. The summed E-state index contributed by atoms with van der Waals surface area (Å²) in [4.78, 5) is 29.8. The lowest BCUT2D eigenvalue weighted by molar-refractivity contribution is -0.150. The van der Waals surface area contributed by atoms with E-state index in [1.54, 1.807) is 36.7 Å². The van der Waals surface area contributed by atoms with Gasteiger partial charge in [-0.3, -0.25) is 9.78 Å². The summed E-state index contributed by atoms with van der Waals surface area (Å²) in [6, 6.07) is 9.65. The summed E-state index contributed by atoms with van der Waals surface area (Å²) in [7, 11) is 0. The molecule has 0 aliphatic carbocycles. The molecule has 1 N–H and O–H groups in total. The molecule has 0 radical (unpaired) electrons. The maximum absolute atomic E-state index is 12.6. The summed E-state index contributed by atoms with van der Waals surface area (Å²) in [6.07, 6.45) is 4.15. The Balaban J connectivity index is 1.80. The van der Waals surface area contributed by atoms with Crippen molar-refractivity contribution in [3.8, 4) is 5.75 Å². The number of hydrogen-bond acceptors (Lipinski definition) is 4. The lowest BCUT2D eigenvalue weighted by Crippen LogP contribution is -2.40. The third-order valence-corrected chi connectivity index (χ3v) is 4.05. The number of hydrogen-bond donors (Lipinski definition) is 1. The van der Waals surface area contributed by atoms with Crippen LogP contribution in [0.4, 0.5) is 0 Å². The second kappa shape index (κ2) is 7.12. The van der Waals surface area contributed by atoms with Gasteiger partial charge in [-0.1, -0.05) is 18.2 Å². The van der Waals surface area contributed by atoms with Crippen LogP contribution in [0, 0.1) is 0 Å². The van der Waals surface area contributed by atoms with Crippen LogP contribution >= 0.6 is 0 Å². The number of carbonyl (C=O) groups excluding carboxylic acids is 1. The summed E-state index contributed by atoms with van der Waals surface area (Å²) in [6.45, 7) is 0.530. The van der Waals surface area contributed by atoms with E-state index in [2.05, 4.69) is 4.98 Å². The van der Waals surface area contributed by atoms with E-state index in [4.69, 9.17) is 4.74 Å². The monoisotopic (exact) mass is 326 g/mol. The van der Waals surface area contributed by atoms with Crippen LogP contribution in [0.1, 0.15) is 23.6 Å². The van der Waals surface area contributed by atoms with Crippen molar-refractivity contribution in [3.05, 3.63) is 59.9 Å². The highest BCUT2D eigenvalue weighted by Crippen LogP contribution is 2.32. The number of ether oxygens (including phenoxy) is 1. The molecule has 0 saturated heterocycles. The van der Waals surface area contributed by atoms with Crippen molar-refractivity contribution in [1.82, 2.24) is 9.88 Å². The maximum Gasteiger partial charge on any atom is 0.331 e. The Morgan fingerprint density at radius 2 is 1.96 bits per heavy atom. The van der Waals surface area contributed by atoms with Gasteiger partial charge in [0.25, 0.3) is 0 Å². The Hall–Kier alpha value is -2.89. The number of carboxylic acids is 1. The van der Waals surface area contributed by atoms with Crippen molar-refractivity contribution in [2.24, 2.45) is 0 Å². The minimum absolute atomic E-state index is 0.195. The standard InChI is InChI=1S/C18H18N2O4/c21-16(6-5-13-7-9-19-10-8-13)20-11-12-24-15-4-2-1-3-14(15)17(20)18(22)23/h1-4,7-10,17H,5-6,11-12H2,(H,22,23). The number of aliphatic carboxylic acids is 1. The smallest absolute Gasteiger partial charge is 0.331 e. The summed E-state index contributed by atoms with van der Waals surface area (Å²) in [5.41, 5.74) is 1.51. The molecule has 0 fully saturated rings. The maximum atomic E-state index is 12.6. The Kier molecular flexibility index (Phi) is 4.74. The molecule has 0 bridgehead atoms. The highest BCUT2D eigenvalue weighted by Gasteiger charge is 2.34. The quantitative estimate of drug-likeness (QED) is 0.930. The van der Waals surface area contributed by atoms with Crippen molar-refractivity contribution >= 4 is 11.9 Å². The van der Waals surface area contributed by atoms with E-state index in [-0.39, 0.29) is 25.5 Å². The zero-order valence-corrected chi connectivity index (χ0v) is 13.1. The van der Waals surface area contributed by atoms with E-state index in [1.165, 1.54) is 4.90 Å². The Morgan fingerprint density at radius 1 is 1.21 bits per heavy atom. The molecular formula is C18H18N2O4. The summed E-state index contributed by atoms with van der Waals surface area (Å²) in [5.74, 6) is -0.723. The van der Waals surface area contributed by atoms with Gasteiger partial charge in [-0.25, -0.2) is 4.79 Å². The van der Waals surface area contributed by atoms with E-state index < -0.39 is 12.0 Å². The molecule has 24 heavy (non-hydrogen) atoms. The van der Waals surface area contributed by atoms with Gasteiger partial charge in [0.1, 0.15) is 12.4 Å². The van der Waals surface area contributed by atoms with Crippen LogP contribution < -0.4 is 4.74 Å². The van der Waals surface area contributed by atoms with Gasteiger partial charge >= 0.3 is 5.97 Å². The SMILES string of the molecule is O=C(O)C1c2ccccc2OCCN1C(=O)CCc1ccncc1. The molecule has 2 heterocycles. The van der Waals surface area contributed by atoms with E-state index in [0.29, 0.717) is 17.7 Å². The van der Waals surface area contributed by atoms with Crippen LogP contribution in [0.2, 0.25) is 0 Å². The first-order valence-corrected chi connectivity index (χ1v) is 7.79. The van der Waals surface area contributed by atoms with Gasteiger partial charge in [-0.05, 0) is 30.2 Å². The number of pyridine rings is 1. The van der Waals surface area contributed by atoms with Crippen molar-refractivity contribution in [2.45, 2.75) is 18.9 Å². The number of para-hydroxylation sites is 1. The molecule has 1 aliphatic heterocycles. The van der Waals surface area contributed by atoms with Crippen LogP contribution in [0.15, 0.2) is 48.8 Å². The van der Waals surface area contributed by atoms with Crippen LogP contribution in [0.3, 0.4) is 0 Å². The summed E-state index contributed by atoms with van der Waals surface area (Å²) >= 11 is 0. The number of carbonyl (C=O) groups is 2. The van der Waals surface area contributed by atoms with Crippen molar-refractivity contribution < 1.29 is 19.4 Å². The fourth-order valence-electron chi connectivity index (χ4n) is 2.87. The third-order valence-electron chi connectivity index (χ3n) is 4.05. The molecule has 0 saturated carbocycles. The molecule has 1 aliphatic rings. The molecule has 1 aromatic carbocycles. The highest BCUT2D eigenvalue weighted by molar-refractivity contribution is 5.85. The van der Waals surface area contributed by atoms with E-state index in [9.17, 15) is 14.7 Å². The van der Waals surface area contributed by atoms with Gasteiger partial charge in [0.15, 0.2) is 6.04 Å². The average molecular weight is 326 g/mol. The first kappa shape index (κ1) is 16.0. The van der Waals surface area contributed by atoms with Crippen LogP contribution in [-0.2, 0) is 16.0 Å². The second-order valence-corrected chi connectivity index (χ2v) is 5.57. The van der Waals surface area contributed by atoms with Crippen molar-refractivity contribution in [1.29, 1.82) is 0 Å². The Morgan fingerprint density at radius 3 is 2.71 bits per heavy atom. The predicted octanol–water partition coefficient (Wildman–Crippen LogP) is 2.06. The van der Waals surface area contributed by atoms with E-state index in [0.717, 1.165) is 5.56 Å². The fraction of sp³-hybridized carbons (Fsp3) is 0.278. The highest BCUT2D eigenvalue weighted by atomic mass is 16.5. The van der Waals surface area contributed by atoms with Crippen LogP contribution in [0.25, 0.3) is 0 Å². The topological polar surface area (TPSA) is 79.7 Å². The van der Waals surface area contributed by atoms with Gasteiger partial charge < -0.3 is 14.7 Å². The molecule has 3 rings (SSSR count). The fourth-order valence-corrected chi connectivity index (χ4v) is 2.87. The molecule has 1 aromatic heterocycles. The minimum Gasteiger partial charge on any atom is -0.491 e. The number of aromatic nitrogens is 1. The molecular weight excluding hydrogens is 308 g/mol. The van der Waals surface area contributed by atoms with Crippen molar-refractivity contribution in [2.75, 3.05) is 13.2 Å². The molecule has 6 heteroatoms. The first-order valence-electron chi connectivity index (χ1n) is 7.79. The van der Waals surface area contributed by atoms with Gasteiger partial charge in [-0.15, -0.1) is 0 Å². The number of rotatable bonds is 4. The number of carboxylic acid groups (broad SMARTS) is 1. The Labute approximate surface area is 139 Å². The zero-order chi connectivity index (χ0) is 16.9. The Bertz CT molecular complexity index is 733. The van der Waals surface area contributed by atoms with Crippen molar-refractivity contribution in [3.63, 3.8) is 0 Å². The number of amides is 1. The molecule has 124 valence electrons.